The summed E-state index contributed by atoms with van der Waals surface area (Å²) >= 11 is 0. The van der Waals surface area contributed by atoms with Crippen molar-refractivity contribution in [2.45, 2.75) is 154 Å². The molecule has 1 aromatic rings. The summed E-state index contributed by atoms with van der Waals surface area (Å²) in [7, 11) is 4.29. The SMILES string of the molecule is CC[C@H](C)C([C@@H](CC(=O)N1CCC[C@H]1[C@H](OC)[C@@H](C)C(=O)N[C@@H](Cc1ccc(OC(=O)N2CCC(C(=O)O)CC2)cc1)C(=O)NS(=O)(=O)C1CC1)OC)N(C)C(=O)[C@@H](NC(=O)[C@H](C(C)C)N(C)C)C(C)C. The molecule has 1 saturated carbocycles. The van der Waals surface area contributed by atoms with Gasteiger partial charge in [-0.2, -0.15) is 0 Å². The number of nitrogens with one attached hydrogen (secondary N) is 3. The predicted octanol–water partition coefficient (Wildman–Crippen LogP) is 3.27. The molecule has 1 aromatic carbocycles. The van der Waals surface area contributed by atoms with Crippen molar-refractivity contribution in [1.82, 2.24) is 35.0 Å². The molecule has 0 aromatic heterocycles. The zero-order valence-corrected chi connectivity index (χ0v) is 44.7. The number of hydrogen-bond donors (Lipinski definition) is 4. The summed E-state index contributed by atoms with van der Waals surface area (Å²) in [5, 5.41) is 14.4. The van der Waals surface area contributed by atoms with Crippen LogP contribution in [0.3, 0.4) is 0 Å². The van der Waals surface area contributed by atoms with Crippen molar-refractivity contribution in [2.24, 2.45) is 29.6 Å². The lowest BCUT2D eigenvalue weighted by molar-refractivity contribution is -0.148. The van der Waals surface area contributed by atoms with Crippen molar-refractivity contribution >= 4 is 51.6 Å². The van der Waals surface area contributed by atoms with E-state index in [1.54, 1.807) is 35.9 Å². The van der Waals surface area contributed by atoms with Crippen molar-refractivity contribution in [3.8, 4) is 5.75 Å². The van der Waals surface area contributed by atoms with Gasteiger partial charge in [-0.15, -0.1) is 0 Å². The van der Waals surface area contributed by atoms with Gasteiger partial charge in [0.15, 0.2) is 0 Å². The van der Waals surface area contributed by atoms with Gasteiger partial charge in [-0.25, -0.2) is 13.2 Å². The summed E-state index contributed by atoms with van der Waals surface area (Å²) in [6, 6.07) is 2.46. The second-order valence-electron chi connectivity index (χ2n) is 20.6. The number of methoxy groups -OCH3 is 2. The maximum absolute atomic E-state index is 14.5. The number of carbonyl (C=O) groups excluding carboxylic acids is 6. The molecule has 2 saturated heterocycles. The summed E-state index contributed by atoms with van der Waals surface area (Å²) in [5.74, 6) is -4.86. The Labute approximate surface area is 420 Å². The van der Waals surface area contributed by atoms with Gasteiger partial charge in [0, 0.05) is 47.3 Å². The number of benzene rings is 1. The Morgan fingerprint density at radius 2 is 1.42 bits per heavy atom. The molecule has 0 bridgehead atoms. The normalized spacial score (nSPS) is 20.1. The smallest absolute Gasteiger partial charge is 0.415 e. The minimum absolute atomic E-state index is 0.00404. The van der Waals surface area contributed by atoms with Crippen LogP contribution in [0.4, 0.5) is 4.79 Å². The highest BCUT2D eigenvalue weighted by atomic mass is 32.2. The van der Waals surface area contributed by atoms with Gasteiger partial charge in [-0.1, -0.05) is 67.0 Å². The predicted molar refractivity (Wildman–Crippen MR) is 265 cm³/mol. The largest absolute Gasteiger partial charge is 0.481 e. The molecular weight excluding hydrogens is 939 g/mol. The van der Waals surface area contributed by atoms with E-state index in [2.05, 4.69) is 15.4 Å². The number of carboxylic acids is 1. The van der Waals surface area contributed by atoms with Crippen LogP contribution in [0, 0.1) is 29.6 Å². The molecule has 3 aliphatic rings. The Bertz CT molecular complexity index is 2100. The van der Waals surface area contributed by atoms with Gasteiger partial charge in [-0.05, 0) is 88.1 Å². The van der Waals surface area contributed by atoms with E-state index in [0.717, 1.165) is 0 Å². The molecule has 6 amide bonds. The van der Waals surface area contributed by atoms with Crippen molar-refractivity contribution < 1.29 is 61.3 Å². The van der Waals surface area contributed by atoms with Crippen LogP contribution in [0.2, 0.25) is 0 Å². The third-order valence-electron chi connectivity index (χ3n) is 14.5. The molecule has 20 nitrogen and oxygen atoms in total. The molecule has 4 N–H and O–H groups in total. The van der Waals surface area contributed by atoms with Crippen molar-refractivity contribution in [2.75, 3.05) is 55.0 Å². The van der Waals surface area contributed by atoms with Crippen LogP contribution in [0.1, 0.15) is 105 Å². The third kappa shape index (κ3) is 15.6. The van der Waals surface area contributed by atoms with Gasteiger partial charge in [0.25, 0.3) is 5.91 Å². The average molecular weight is 1020 g/mol. The van der Waals surface area contributed by atoms with Gasteiger partial charge in [-0.3, -0.25) is 38.4 Å². The van der Waals surface area contributed by atoms with Crippen molar-refractivity contribution in [3.63, 3.8) is 0 Å². The standard InChI is InChI=1S/C50H81N7O13S/c1-13-31(6)43(55(10)48(62)41(29(2)3)52-47(61)42(30(4)5)54(8)9)39(68-11)28-40(58)57-24-14-15-38(57)44(69-12)32(7)45(59)51-37(46(60)53-71(66,67)36-20-21-36)27-33-16-18-35(19-17-33)70-50(65)56-25-22-34(23-26-56)49(63)64/h16-19,29-32,34,36-39,41-44H,13-15,20-28H2,1-12H3,(H,51,59)(H,52,61)(H,53,60)(H,63,64)/t31-,32+,37-,38-,39+,41-,42-,43?,44+/m0/s1. The average Bonchev–Trinajstić information content (AvgIpc) is 4.08. The van der Waals surface area contributed by atoms with Crippen molar-refractivity contribution in [3.05, 3.63) is 29.8 Å². The quantitative estimate of drug-likeness (QED) is 0.110. The van der Waals surface area contributed by atoms with E-state index >= 15 is 0 Å². The highest BCUT2D eigenvalue weighted by Gasteiger charge is 2.44. The first-order valence-corrected chi connectivity index (χ1v) is 26.6. The lowest BCUT2D eigenvalue weighted by atomic mass is 9.89. The molecule has 4 rings (SSSR count). The van der Waals surface area contributed by atoms with E-state index < -0.39 is 93.4 Å². The molecule has 1 unspecified atom stereocenters. The van der Waals surface area contributed by atoms with Crippen LogP contribution in [0.5, 0.6) is 5.75 Å². The fourth-order valence-corrected chi connectivity index (χ4v) is 11.3. The molecule has 71 heavy (non-hydrogen) atoms. The minimum Gasteiger partial charge on any atom is -0.481 e. The summed E-state index contributed by atoms with van der Waals surface area (Å²) in [4.78, 5) is 101. The van der Waals surface area contributed by atoms with Crippen LogP contribution in [-0.2, 0) is 54.7 Å². The van der Waals surface area contributed by atoms with E-state index in [9.17, 15) is 47.1 Å². The number of amides is 6. The maximum atomic E-state index is 14.5. The monoisotopic (exact) mass is 1020 g/mol. The number of rotatable bonds is 25. The Kier molecular flexibility index (Phi) is 21.7. The van der Waals surface area contributed by atoms with Gasteiger partial charge in [0.1, 0.15) is 17.8 Å². The first-order valence-electron chi connectivity index (χ1n) is 25.1. The fraction of sp³-hybridized carbons (Fsp3) is 0.740. The number of carbonyl (C=O) groups is 7. The van der Waals surface area contributed by atoms with Crippen LogP contribution in [0.25, 0.3) is 0 Å². The molecule has 9 atom stereocenters. The minimum atomic E-state index is -3.99. The summed E-state index contributed by atoms with van der Waals surface area (Å²) < 4.78 is 45.5. The number of sulfonamides is 1. The summed E-state index contributed by atoms with van der Waals surface area (Å²) in [5.41, 5.74) is 0.518. The van der Waals surface area contributed by atoms with E-state index in [0.29, 0.717) is 57.1 Å². The fourth-order valence-electron chi connectivity index (χ4n) is 10.0. The number of ether oxygens (including phenoxy) is 3. The second-order valence-corrected chi connectivity index (χ2v) is 22.5. The van der Waals surface area contributed by atoms with E-state index in [4.69, 9.17) is 14.2 Å². The van der Waals surface area contributed by atoms with E-state index in [1.165, 1.54) is 31.3 Å². The number of likely N-dealkylation sites (N-methyl/N-ethyl adjacent to an activating group) is 2. The highest BCUT2D eigenvalue weighted by Crippen LogP contribution is 2.31. The first kappa shape index (κ1) is 58.7. The lowest BCUT2D eigenvalue weighted by Crippen LogP contribution is -2.59. The molecule has 21 heteroatoms. The van der Waals surface area contributed by atoms with E-state index in [-0.39, 0.29) is 67.2 Å². The number of nitrogens with zero attached hydrogens (tertiary/aromatic N) is 4. The number of aliphatic carboxylic acids is 1. The summed E-state index contributed by atoms with van der Waals surface area (Å²) in [6.07, 6.45) is 0.811. The molecule has 2 heterocycles. The Morgan fingerprint density at radius 1 is 0.803 bits per heavy atom. The van der Waals surface area contributed by atoms with Crippen LogP contribution in [-0.4, -0.2) is 177 Å². The number of hydrogen-bond acceptors (Lipinski definition) is 13. The van der Waals surface area contributed by atoms with Crippen LogP contribution >= 0.6 is 0 Å². The summed E-state index contributed by atoms with van der Waals surface area (Å²) in [6.45, 7) is 14.1. The number of likely N-dealkylation sites (tertiary alicyclic amines) is 2. The highest BCUT2D eigenvalue weighted by molar-refractivity contribution is 7.90. The zero-order chi connectivity index (χ0) is 53.1. The van der Waals surface area contributed by atoms with E-state index in [1.807, 2.05) is 60.5 Å². The Hall–Kier alpha value is -4.86. The van der Waals surface area contributed by atoms with Crippen molar-refractivity contribution in [1.29, 1.82) is 0 Å². The molecule has 0 spiro atoms. The Morgan fingerprint density at radius 3 is 1.93 bits per heavy atom. The van der Waals surface area contributed by atoms with Gasteiger partial charge in [0.05, 0.1) is 53.8 Å². The second kappa shape index (κ2) is 26.2. The van der Waals surface area contributed by atoms with Gasteiger partial charge < -0.3 is 44.7 Å². The number of piperidine rings is 1. The molecule has 400 valence electrons. The molecule has 0 radical (unpaired) electrons. The molecule has 1 aliphatic carbocycles. The molecular formula is C50H81N7O13S. The maximum Gasteiger partial charge on any atom is 0.415 e. The Balaban J connectivity index is 1.49. The van der Waals surface area contributed by atoms with Crippen LogP contribution < -0.4 is 20.1 Å². The molecule has 2 aliphatic heterocycles. The first-order chi connectivity index (χ1) is 33.4. The zero-order valence-electron chi connectivity index (χ0n) is 43.8. The molecule has 3 fully saturated rings. The van der Waals surface area contributed by atoms with Gasteiger partial charge in [0.2, 0.25) is 33.7 Å². The topological polar surface area (TPSA) is 251 Å². The number of carboxylic acid groups (broad SMARTS) is 1. The third-order valence-corrected chi connectivity index (χ3v) is 16.3. The van der Waals surface area contributed by atoms with Crippen LogP contribution in [0.15, 0.2) is 24.3 Å². The van der Waals surface area contributed by atoms with Gasteiger partial charge >= 0.3 is 12.1 Å². The lowest BCUT2D eigenvalue weighted by Gasteiger charge is -2.41.